The predicted molar refractivity (Wildman–Crippen MR) is 104 cm³/mol. The average Bonchev–Trinajstić information content (AvgIpc) is 3.36. The number of hydrogen-bond donors (Lipinski definition) is 2. The maximum Gasteiger partial charge on any atom is 0.257 e. The minimum atomic E-state index is -0.125. The molecule has 9 nitrogen and oxygen atoms in total. The quantitative estimate of drug-likeness (QED) is 0.268. The molecule has 0 aliphatic carbocycles. The number of halogens is 1. The van der Waals surface area contributed by atoms with Gasteiger partial charge in [-0.1, -0.05) is 23.4 Å². The maximum absolute atomic E-state index is 12.1. The van der Waals surface area contributed by atoms with E-state index >= 15 is 0 Å². The van der Waals surface area contributed by atoms with Gasteiger partial charge < -0.3 is 14.8 Å². The lowest BCUT2D eigenvalue weighted by atomic mass is 10.2. The summed E-state index contributed by atoms with van der Waals surface area (Å²) in [6.45, 7) is 0.198. The van der Waals surface area contributed by atoms with Crippen molar-refractivity contribution in [1.29, 1.82) is 0 Å². The topological polar surface area (TPSA) is 122 Å². The predicted octanol–water partition coefficient (Wildman–Crippen LogP) is 2.85. The summed E-state index contributed by atoms with van der Waals surface area (Å²) in [7, 11) is 0. The first kappa shape index (κ1) is 18.4. The van der Waals surface area contributed by atoms with Crippen molar-refractivity contribution in [2.24, 2.45) is 0 Å². The second-order valence-corrected chi connectivity index (χ2v) is 7.08. The Morgan fingerprint density at radius 3 is 2.93 bits per heavy atom. The van der Waals surface area contributed by atoms with Crippen LogP contribution in [0.25, 0.3) is 22.6 Å². The Labute approximate surface area is 168 Å². The largest absolute Gasteiger partial charge is 0.349 e. The van der Waals surface area contributed by atoms with Crippen molar-refractivity contribution in [3.05, 3.63) is 47.8 Å². The molecule has 3 aromatic heterocycles. The van der Waals surface area contributed by atoms with Crippen LogP contribution in [0.4, 0.5) is 0 Å². The number of carbonyl (C=O) groups excluding carboxylic acids is 1. The summed E-state index contributed by atoms with van der Waals surface area (Å²) in [5.74, 6) is 1.24. The standard InChI is InChI=1S/C17H14ClN7O2S/c18-17-23-14-13(20-9-21-14)16(24-17)28-7-6-12(26)19-8-11-22-15(27-25-11)10-4-2-1-3-5-10/h1-5,9H,6-8H2,(H,19,26)(H,20,21,23,24). The lowest BCUT2D eigenvalue weighted by molar-refractivity contribution is -0.120. The molecular weight excluding hydrogens is 402 g/mol. The summed E-state index contributed by atoms with van der Waals surface area (Å²) >= 11 is 7.30. The van der Waals surface area contributed by atoms with E-state index < -0.39 is 0 Å². The Bertz CT molecular complexity index is 1100. The van der Waals surface area contributed by atoms with E-state index in [1.165, 1.54) is 18.1 Å². The number of imidazole rings is 1. The van der Waals surface area contributed by atoms with Gasteiger partial charge in [-0.05, 0) is 23.7 Å². The molecule has 0 aliphatic heterocycles. The van der Waals surface area contributed by atoms with E-state index in [1.807, 2.05) is 30.3 Å². The van der Waals surface area contributed by atoms with Gasteiger partial charge >= 0.3 is 0 Å². The van der Waals surface area contributed by atoms with Crippen LogP contribution in [0.15, 0.2) is 46.2 Å². The fraction of sp³-hybridized carbons (Fsp3) is 0.176. The number of fused-ring (bicyclic) bond motifs is 1. The van der Waals surface area contributed by atoms with Crippen molar-refractivity contribution in [2.45, 2.75) is 18.0 Å². The van der Waals surface area contributed by atoms with Crippen LogP contribution < -0.4 is 5.32 Å². The van der Waals surface area contributed by atoms with Crippen LogP contribution in [-0.4, -0.2) is 41.7 Å². The molecule has 0 radical (unpaired) electrons. The molecule has 0 atom stereocenters. The molecule has 0 spiro atoms. The Balaban J connectivity index is 1.27. The van der Waals surface area contributed by atoms with Gasteiger partial charge in [-0.25, -0.2) is 9.97 Å². The third kappa shape index (κ3) is 4.29. The smallest absolute Gasteiger partial charge is 0.257 e. The Kier molecular flexibility index (Phi) is 5.49. The van der Waals surface area contributed by atoms with Crippen molar-refractivity contribution in [3.8, 4) is 11.5 Å². The van der Waals surface area contributed by atoms with Crippen LogP contribution >= 0.6 is 23.4 Å². The van der Waals surface area contributed by atoms with E-state index in [2.05, 4.69) is 35.4 Å². The van der Waals surface area contributed by atoms with Gasteiger partial charge in [-0.2, -0.15) is 9.97 Å². The molecule has 4 aromatic rings. The Hall–Kier alpha value is -2.98. The molecule has 0 saturated heterocycles. The normalized spacial score (nSPS) is 11.0. The van der Waals surface area contributed by atoms with E-state index in [4.69, 9.17) is 16.1 Å². The number of hydrogen-bond acceptors (Lipinski definition) is 8. The molecule has 28 heavy (non-hydrogen) atoms. The first-order valence-corrected chi connectivity index (χ1v) is 9.69. The van der Waals surface area contributed by atoms with Gasteiger partial charge in [-0.15, -0.1) is 11.8 Å². The van der Waals surface area contributed by atoms with E-state index in [0.29, 0.717) is 40.1 Å². The van der Waals surface area contributed by atoms with E-state index in [1.54, 1.807) is 0 Å². The van der Waals surface area contributed by atoms with Crippen LogP contribution in [-0.2, 0) is 11.3 Å². The highest BCUT2D eigenvalue weighted by molar-refractivity contribution is 7.99. The number of benzene rings is 1. The van der Waals surface area contributed by atoms with Crippen molar-refractivity contribution in [1.82, 2.24) is 35.4 Å². The summed E-state index contributed by atoms with van der Waals surface area (Å²) in [6.07, 6.45) is 1.83. The number of nitrogens with one attached hydrogen (secondary N) is 2. The van der Waals surface area contributed by atoms with Crippen molar-refractivity contribution in [2.75, 3.05) is 5.75 Å². The summed E-state index contributed by atoms with van der Waals surface area (Å²) < 4.78 is 5.21. The van der Waals surface area contributed by atoms with Crippen LogP contribution in [0.5, 0.6) is 0 Å². The van der Waals surface area contributed by atoms with Gasteiger partial charge in [0.25, 0.3) is 5.89 Å². The number of rotatable bonds is 7. The fourth-order valence-electron chi connectivity index (χ4n) is 2.42. The number of H-pyrrole nitrogens is 1. The first-order chi connectivity index (χ1) is 13.7. The molecule has 142 valence electrons. The highest BCUT2D eigenvalue weighted by Crippen LogP contribution is 2.24. The monoisotopic (exact) mass is 415 g/mol. The van der Waals surface area contributed by atoms with Gasteiger partial charge in [-0.3, -0.25) is 4.79 Å². The second kappa shape index (κ2) is 8.36. The number of nitrogens with zero attached hydrogens (tertiary/aromatic N) is 5. The van der Waals surface area contributed by atoms with Crippen LogP contribution in [0.3, 0.4) is 0 Å². The van der Waals surface area contributed by atoms with Gasteiger partial charge in [0.1, 0.15) is 10.5 Å². The van der Waals surface area contributed by atoms with E-state index in [9.17, 15) is 4.79 Å². The molecule has 3 heterocycles. The number of thioether (sulfide) groups is 1. The molecule has 0 aliphatic rings. The third-order valence-corrected chi connectivity index (χ3v) is 4.87. The molecule has 0 unspecified atom stereocenters. The lowest BCUT2D eigenvalue weighted by Crippen LogP contribution is -2.23. The van der Waals surface area contributed by atoms with Gasteiger partial charge in [0.05, 0.1) is 12.9 Å². The zero-order chi connectivity index (χ0) is 19.3. The van der Waals surface area contributed by atoms with Crippen molar-refractivity contribution >= 4 is 40.4 Å². The minimum absolute atomic E-state index is 0.123. The number of aromatic nitrogens is 6. The maximum atomic E-state index is 12.1. The number of amides is 1. The van der Waals surface area contributed by atoms with Crippen LogP contribution in [0.1, 0.15) is 12.2 Å². The molecule has 4 rings (SSSR count). The molecule has 2 N–H and O–H groups in total. The van der Waals surface area contributed by atoms with Crippen LogP contribution in [0, 0.1) is 0 Å². The zero-order valence-corrected chi connectivity index (χ0v) is 16.0. The number of aromatic amines is 1. The molecule has 0 saturated carbocycles. The molecule has 0 bridgehead atoms. The molecule has 1 aromatic carbocycles. The van der Waals surface area contributed by atoms with Crippen molar-refractivity contribution < 1.29 is 9.32 Å². The van der Waals surface area contributed by atoms with Gasteiger partial charge in [0, 0.05) is 17.7 Å². The average molecular weight is 416 g/mol. The van der Waals surface area contributed by atoms with Gasteiger partial charge in [0.2, 0.25) is 11.2 Å². The summed E-state index contributed by atoms with van der Waals surface area (Å²) in [5, 5.41) is 7.44. The lowest BCUT2D eigenvalue weighted by Gasteiger charge is -2.03. The number of carbonyl (C=O) groups is 1. The Morgan fingerprint density at radius 2 is 2.07 bits per heavy atom. The van der Waals surface area contributed by atoms with Gasteiger partial charge in [0.15, 0.2) is 11.5 Å². The first-order valence-electron chi connectivity index (χ1n) is 8.33. The molecular formula is C17H14ClN7O2S. The fourth-order valence-corrected chi connectivity index (χ4v) is 3.56. The highest BCUT2D eigenvalue weighted by Gasteiger charge is 2.12. The third-order valence-electron chi connectivity index (χ3n) is 3.73. The Morgan fingerprint density at radius 1 is 1.21 bits per heavy atom. The zero-order valence-electron chi connectivity index (χ0n) is 14.4. The summed E-state index contributed by atoms with van der Waals surface area (Å²) in [6, 6.07) is 9.44. The summed E-state index contributed by atoms with van der Waals surface area (Å²) in [4.78, 5) is 31.6. The highest BCUT2D eigenvalue weighted by atomic mass is 35.5. The molecule has 0 fully saturated rings. The molecule has 1 amide bonds. The van der Waals surface area contributed by atoms with Crippen molar-refractivity contribution in [3.63, 3.8) is 0 Å². The second-order valence-electron chi connectivity index (χ2n) is 5.66. The van der Waals surface area contributed by atoms with E-state index in [-0.39, 0.29) is 17.7 Å². The minimum Gasteiger partial charge on any atom is -0.349 e. The summed E-state index contributed by atoms with van der Waals surface area (Å²) in [5.41, 5.74) is 2.03. The van der Waals surface area contributed by atoms with E-state index in [0.717, 1.165) is 5.56 Å². The SMILES string of the molecule is O=C(CCSc1nc(Cl)nc2nc[nH]c12)NCc1noc(-c2ccccc2)n1. The van der Waals surface area contributed by atoms with Crippen LogP contribution in [0.2, 0.25) is 5.28 Å². The molecule has 11 heteroatoms.